The van der Waals surface area contributed by atoms with Gasteiger partial charge in [0.1, 0.15) is 49.4 Å². The molecule has 2 amide bonds. The number of ether oxygens (including phenoxy) is 6. The average molecular weight is 625 g/mol. The molecule has 0 spiro atoms. The van der Waals surface area contributed by atoms with Gasteiger partial charge in [0.2, 0.25) is 0 Å². The molecule has 0 bridgehead atoms. The number of fused-ring (bicyclic) bond motifs is 2. The van der Waals surface area contributed by atoms with Gasteiger partial charge >= 0.3 is 12.2 Å². The van der Waals surface area contributed by atoms with Crippen LogP contribution in [0.1, 0.15) is 0 Å². The van der Waals surface area contributed by atoms with E-state index in [0.717, 1.165) is 21.5 Å². The summed E-state index contributed by atoms with van der Waals surface area (Å²) in [4.78, 5) is 24.3. The minimum absolute atomic E-state index is 0.0350. The van der Waals surface area contributed by atoms with E-state index in [1.807, 2.05) is 109 Å². The van der Waals surface area contributed by atoms with Crippen LogP contribution in [0.4, 0.5) is 9.59 Å². The lowest BCUT2D eigenvalue weighted by atomic mass is 10.0. The van der Waals surface area contributed by atoms with E-state index in [1.165, 1.54) is 14.1 Å². The van der Waals surface area contributed by atoms with Crippen molar-refractivity contribution in [2.24, 2.45) is 0 Å². The first-order chi connectivity index (χ1) is 22.6. The van der Waals surface area contributed by atoms with Gasteiger partial charge in [0.15, 0.2) is 12.2 Å². The van der Waals surface area contributed by atoms with Crippen LogP contribution in [0.25, 0.3) is 21.5 Å². The summed E-state index contributed by atoms with van der Waals surface area (Å²) in [7, 11) is 2.99. The van der Waals surface area contributed by atoms with Crippen LogP contribution in [0.2, 0.25) is 0 Å². The SMILES string of the molecule is CNC(=O)OC(COc1ccccc1)COc1c2ccccc2c(OCC(COc2ccccc2)OC(=O)NC)c2ccccc12. The average Bonchev–Trinajstić information content (AvgIpc) is 3.11. The Morgan fingerprint density at radius 1 is 0.478 bits per heavy atom. The Balaban J connectivity index is 1.40. The normalized spacial score (nSPS) is 12.0. The first kappa shape index (κ1) is 31.8. The number of para-hydroxylation sites is 2. The number of hydrogen-bond donors (Lipinski definition) is 2. The van der Waals surface area contributed by atoms with E-state index in [2.05, 4.69) is 10.6 Å². The summed E-state index contributed by atoms with van der Waals surface area (Å²) in [5.41, 5.74) is 0. The van der Waals surface area contributed by atoms with Crippen molar-refractivity contribution in [2.45, 2.75) is 12.2 Å². The number of nitrogens with one attached hydrogen (secondary N) is 2. The maximum atomic E-state index is 12.1. The lowest BCUT2D eigenvalue weighted by molar-refractivity contribution is 0.0365. The largest absolute Gasteiger partial charge is 0.490 e. The number of amides is 2. The minimum atomic E-state index is -0.708. The molecular formula is C36H36N2O8. The van der Waals surface area contributed by atoms with Gasteiger partial charge < -0.3 is 39.1 Å². The summed E-state index contributed by atoms with van der Waals surface area (Å²) in [5, 5.41) is 8.14. The highest BCUT2D eigenvalue weighted by molar-refractivity contribution is 6.11. The lowest BCUT2D eigenvalue weighted by Gasteiger charge is -2.23. The van der Waals surface area contributed by atoms with Crippen molar-refractivity contribution in [1.82, 2.24) is 10.6 Å². The summed E-state index contributed by atoms with van der Waals surface area (Å²) in [6.45, 7) is 0.249. The molecule has 10 nitrogen and oxygen atoms in total. The fourth-order valence-corrected chi connectivity index (χ4v) is 4.78. The van der Waals surface area contributed by atoms with E-state index < -0.39 is 24.4 Å². The van der Waals surface area contributed by atoms with Gasteiger partial charge in [-0.25, -0.2) is 9.59 Å². The van der Waals surface area contributed by atoms with Gasteiger partial charge in [0.25, 0.3) is 0 Å². The van der Waals surface area contributed by atoms with Gasteiger partial charge in [-0.05, 0) is 24.3 Å². The Morgan fingerprint density at radius 3 is 1.11 bits per heavy atom. The van der Waals surface area contributed by atoms with Gasteiger partial charge in [-0.2, -0.15) is 0 Å². The molecule has 0 aliphatic heterocycles. The molecule has 0 heterocycles. The molecular weight excluding hydrogens is 588 g/mol. The van der Waals surface area contributed by atoms with E-state index >= 15 is 0 Å². The van der Waals surface area contributed by atoms with E-state index in [9.17, 15) is 9.59 Å². The molecule has 0 aromatic heterocycles. The highest BCUT2D eigenvalue weighted by atomic mass is 16.6. The van der Waals surface area contributed by atoms with Crippen molar-refractivity contribution in [3.63, 3.8) is 0 Å². The summed E-state index contributed by atoms with van der Waals surface area (Å²) >= 11 is 0. The third kappa shape index (κ3) is 8.29. The lowest BCUT2D eigenvalue weighted by Crippen LogP contribution is -2.34. The molecule has 0 aliphatic carbocycles. The quantitative estimate of drug-likeness (QED) is 0.137. The molecule has 2 N–H and O–H groups in total. The molecule has 2 unspecified atom stereocenters. The molecule has 0 radical (unpaired) electrons. The Labute approximate surface area is 267 Å². The molecule has 10 heteroatoms. The zero-order chi connectivity index (χ0) is 32.1. The first-order valence-electron chi connectivity index (χ1n) is 14.9. The van der Waals surface area contributed by atoms with Crippen molar-refractivity contribution in [3.05, 3.63) is 109 Å². The van der Waals surface area contributed by atoms with Gasteiger partial charge in [-0.3, -0.25) is 0 Å². The van der Waals surface area contributed by atoms with Crippen molar-refractivity contribution < 1.29 is 38.0 Å². The second-order valence-electron chi connectivity index (χ2n) is 10.2. The maximum absolute atomic E-state index is 12.1. The Bertz CT molecular complexity index is 1550. The van der Waals surface area contributed by atoms with E-state index in [-0.39, 0.29) is 26.4 Å². The summed E-state index contributed by atoms with van der Waals surface area (Å²) in [5.74, 6) is 2.51. The number of rotatable bonds is 14. The standard InChI is InChI=1S/C36H36N2O8/c1-37-35(39)45-27(21-41-25-13-5-3-6-14-25)23-43-33-29-17-9-11-19-31(29)34(32-20-12-10-18-30(32)33)44-24-28(46-36(40)38-2)22-42-26-15-7-4-8-16-26/h3-20,27-28H,21-24H2,1-2H3,(H,37,39)(H,38,40). The second-order valence-corrected chi connectivity index (χ2v) is 10.2. The smallest absolute Gasteiger partial charge is 0.407 e. The molecule has 46 heavy (non-hydrogen) atoms. The monoisotopic (exact) mass is 624 g/mol. The third-order valence-electron chi connectivity index (χ3n) is 6.97. The number of benzene rings is 5. The van der Waals surface area contributed by atoms with Crippen LogP contribution in [0.5, 0.6) is 23.0 Å². The molecule has 2 atom stereocenters. The van der Waals surface area contributed by atoms with Gasteiger partial charge in [-0.15, -0.1) is 0 Å². The molecule has 5 rings (SSSR count). The van der Waals surface area contributed by atoms with Crippen molar-refractivity contribution in [3.8, 4) is 23.0 Å². The van der Waals surface area contributed by atoms with Crippen molar-refractivity contribution in [2.75, 3.05) is 40.5 Å². The topological polar surface area (TPSA) is 114 Å². The van der Waals surface area contributed by atoms with E-state index in [4.69, 9.17) is 28.4 Å². The van der Waals surface area contributed by atoms with Crippen molar-refractivity contribution >= 4 is 33.7 Å². The predicted octanol–water partition coefficient (Wildman–Crippen LogP) is 6.36. The Kier molecular flexibility index (Phi) is 11.0. The molecule has 5 aromatic rings. The minimum Gasteiger partial charge on any atom is -0.490 e. The summed E-state index contributed by atoms with van der Waals surface area (Å²) in [6.07, 6.45) is -2.59. The molecule has 0 aliphatic rings. The van der Waals surface area contributed by atoms with Crippen LogP contribution in [0, 0.1) is 0 Å². The predicted molar refractivity (Wildman–Crippen MR) is 175 cm³/mol. The summed E-state index contributed by atoms with van der Waals surface area (Å²) < 4.78 is 35.7. The zero-order valence-electron chi connectivity index (χ0n) is 25.6. The highest BCUT2D eigenvalue weighted by Gasteiger charge is 2.22. The Hall–Kier alpha value is -5.64. The van der Waals surface area contributed by atoms with Crippen LogP contribution in [-0.2, 0) is 9.47 Å². The molecule has 0 fully saturated rings. The molecule has 5 aromatic carbocycles. The number of carbonyl (C=O) groups excluding carboxylic acids is 2. The van der Waals surface area contributed by atoms with Gasteiger partial charge in [0.05, 0.1) is 0 Å². The van der Waals surface area contributed by atoms with Crippen LogP contribution in [0.3, 0.4) is 0 Å². The number of alkyl carbamates (subject to hydrolysis) is 2. The number of carbonyl (C=O) groups is 2. The third-order valence-corrected chi connectivity index (χ3v) is 6.97. The zero-order valence-corrected chi connectivity index (χ0v) is 25.6. The molecule has 238 valence electrons. The Morgan fingerprint density at radius 2 is 0.783 bits per heavy atom. The van der Waals surface area contributed by atoms with Gasteiger partial charge in [0, 0.05) is 35.6 Å². The first-order valence-corrected chi connectivity index (χ1v) is 14.9. The molecule has 0 saturated heterocycles. The fourth-order valence-electron chi connectivity index (χ4n) is 4.78. The summed E-state index contributed by atoms with van der Waals surface area (Å²) in [6, 6.07) is 34.0. The van der Waals surface area contributed by atoms with Crippen molar-refractivity contribution in [1.29, 1.82) is 0 Å². The van der Waals surface area contributed by atoms with Crippen LogP contribution in [-0.4, -0.2) is 64.9 Å². The fraction of sp³-hybridized carbons (Fsp3) is 0.222. The van der Waals surface area contributed by atoms with E-state index in [1.54, 1.807) is 0 Å². The number of hydrogen-bond acceptors (Lipinski definition) is 8. The van der Waals surface area contributed by atoms with Gasteiger partial charge in [-0.1, -0.05) is 84.9 Å². The second kappa shape index (κ2) is 15.9. The maximum Gasteiger partial charge on any atom is 0.407 e. The van der Waals surface area contributed by atoms with Crippen LogP contribution < -0.4 is 29.6 Å². The van der Waals surface area contributed by atoms with Crippen LogP contribution in [0.15, 0.2) is 109 Å². The highest BCUT2D eigenvalue weighted by Crippen LogP contribution is 2.42. The van der Waals surface area contributed by atoms with Crippen LogP contribution >= 0.6 is 0 Å². The van der Waals surface area contributed by atoms with E-state index in [0.29, 0.717) is 23.0 Å². The molecule has 0 saturated carbocycles.